The van der Waals surface area contributed by atoms with E-state index in [0.717, 1.165) is 37.4 Å². The second-order valence-corrected chi connectivity index (χ2v) is 2.81. The molecule has 1 aromatic rings. The van der Waals surface area contributed by atoms with Crippen molar-refractivity contribution in [1.29, 1.82) is 0 Å². The van der Waals surface area contributed by atoms with Gasteiger partial charge >= 0.3 is 0 Å². The highest BCUT2D eigenvalue weighted by Crippen LogP contribution is 2.17. The molecule has 0 saturated carbocycles. The molecule has 1 aliphatic rings. The second-order valence-electron chi connectivity index (χ2n) is 2.81. The molecule has 0 radical (unpaired) electrons. The van der Waals surface area contributed by atoms with Gasteiger partial charge < -0.3 is 9.84 Å². The van der Waals surface area contributed by atoms with E-state index in [1.54, 1.807) is 0 Å². The van der Waals surface area contributed by atoms with Gasteiger partial charge in [-0.25, -0.2) is 0 Å². The Morgan fingerprint density at radius 1 is 1.64 bits per heavy atom. The number of nitrogens with one attached hydrogen (secondary N) is 1. The molecule has 0 unspecified atom stereocenters. The molecular weight excluding hydrogens is 140 g/mol. The summed E-state index contributed by atoms with van der Waals surface area (Å²) in [6.45, 7) is 4.03. The third-order valence-electron chi connectivity index (χ3n) is 2.12. The predicted molar refractivity (Wildman–Crippen MR) is 41.3 cm³/mol. The average molecular weight is 152 g/mol. The predicted octanol–water partition coefficient (Wildman–Crippen LogP) is 0.883. The fraction of sp³-hybridized carbons (Fsp3) is 0.625. The van der Waals surface area contributed by atoms with Gasteiger partial charge in [0.15, 0.2) is 0 Å². The third kappa shape index (κ3) is 1.05. The SMILES string of the molecule is CCc1onc2c1CCNC2. The van der Waals surface area contributed by atoms with E-state index in [-0.39, 0.29) is 0 Å². The molecule has 0 fully saturated rings. The number of aromatic nitrogens is 1. The van der Waals surface area contributed by atoms with E-state index in [1.165, 1.54) is 5.56 Å². The highest BCUT2D eigenvalue weighted by molar-refractivity contribution is 5.25. The van der Waals surface area contributed by atoms with Crippen molar-refractivity contribution in [2.75, 3.05) is 6.54 Å². The second kappa shape index (κ2) is 2.66. The van der Waals surface area contributed by atoms with Crippen LogP contribution in [0.25, 0.3) is 0 Å². The zero-order valence-electron chi connectivity index (χ0n) is 6.68. The number of hydrogen-bond donors (Lipinski definition) is 1. The molecule has 0 spiro atoms. The molecule has 11 heavy (non-hydrogen) atoms. The standard InChI is InChI=1S/C8H12N2O/c1-2-8-6-3-4-9-5-7(6)10-11-8/h9H,2-5H2,1H3. The highest BCUT2D eigenvalue weighted by atomic mass is 16.5. The smallest absolute Gasteiger partial charge is 0.140 e. The molecule has 0 atom stereocenters. The van der Waals surface area contributed by atoms with Gasteiger partial charge in [-0.3, -0.25) is 0 Å². The zero-order chi connectivity index (χ0) is 7.68. The van der Waals surface area contributed by atoms with Crippen molar-refractivity contribution in [3.63, 3.8) is 0 Å². The van der Waals surface area contributed by atoms with Crippen LogP contribution < -0.4 is 5.32 Å². The summed E-state index contributed by atoms with van der Waals surface area (Å²) < 4.78 is 5.18. The molecule has 3 nitrogen and oxygen atoms in total. The van der Waals surface area contributed by atoms with Crippen LogP contribution in [-0.4, -0.2) is 11.7 Å². The van der Waals surface area contributed by atoms with Gasteiger partial charge in [0, 0.05) is 18.5 Å². The van der Waals surface area contributed by atoms with Crippen LogP contribution in [0.2, 0.25) is 0 Å². The molecule has 1 aliphatic heterocycles. The van der Waals surface area contributed by atoms with Gasteiger partial charge in [0.2, 0.25) is 0 Å². The van der Waals surface area contributed by atoms with E-state index in [4.69, 9.17) is 4.52 Å². The minimum Gasteiger partial charge on any atom is -0.361 e. The Balaban J connectivity index is 2.38. The summed E-state index contributed by atoms with van der Waals surface area (Å²) in [5.74, 6) is 1.07. The Morgan fingerprint density at radius 2 is 2.55 bits per heavy atom. The molecule has 2 heterocycles. The van der Waals surface area contributed by atoms with E-state index >= 15 is 0 Å². The lowest BCUT2D eigenvalue weighted by molar-refractivity contribution is 0.379. The van der Waals surface area contributed by atoms with Crippen molar-refractivity contribution in [1.82, 2.24) is 10.5 Å². The molecule has 1 N–H and O–H groups in total. The third-order valence-corrected chi connectivity index (χ3v) is 2.12. The normalized spacial score (nSPS) is 16.5. The van der Waals surface area contributed by atoms with E-state index in [2.05, 4.69) is 17.4 Å². The van der Waals surface area contributed by atoms with Crippen molar-refractivity contribution in [3.8, 4) is 0 Å². The number of rotatable bonds is 1. The minimum absolute atomic E-state index is 0.874. The molecule has 1 aromatic heterocycles. The van der Waals surface area contributed by atoms with E-state index in [0.29, 0.717) is 0 Å². The van der Waals surface area contributed by atoms with Crippen molar-refractivity contribution in [2.24, 2.45) is 0 Å². The molecule has 0 saturated heterocycles. The molecule has 3 heteroatoms. The van der Waals surface area contributed by atoms with Crippen LogP contribution in [0.5, 0.6) is 0 Å². The summed E-state index contributed by atoms with van der Waals surface area (Å²) in [5, 5.41) is 7.25. The zero-order valence-corrected chi connectivity index (χ0v) is 6.68. The topological polar surface area (TPSA) is 38.1 Å². The average Bonchev–Trinajstić information content (AvgIpc) is 2.47. The van der Waals surface area contributed by atoms with Gasteiger partial charge in [-0.2, -0.15) is 0 Å². The Bertz CT molecular complexity index is 241. The lowest BCUT2D eigenvalue weighted by atomic mass is 10.1. The molecule has 0 aliphatic carbocycles. The van der Waals surface area contributed by atoms with Gasteiger partial charge in [-0.15, -0.1) is 0 Å². The monoisotopic (exact) mass is 152 g/mol. The first-order chi connectivity index (χ1) is 5.42. The van der Waals surface area contributed by atoms with Gasteiger partial charge in [0.1, 0.15) is 11.5 Å². The van der Waals surface area contributed by atoms with Crippen LogP contribution in [0.15, 0.2) is 4.52 Å². The Labute approximate surface area is 65.8 Å². The van der Waals surface area contributed by atoms with Gasteiger partial charge in [-0.1, -0.05) is 12.1 Å². The van der Waals surface area contributed by atoms with Crippen LogP contribution >= 0.6 is 0 Å². The van der Waals surface area contributed by atoms with Crippen LogP contribution in [0.3, 0.4) is 0 Å². The summed E-state index contributed by atoms with van der Waals surface area (Å²) in [4.78, 5) is 0. The molecule has 2 rings (SSSR count). The molecular formula is C8H12N2O. The minimum atomic E-state index is 0.874. The largest absolute Gasteiger partial charge is 0.361 e. The number of nitrogens with zero attached hydrogens (tertiary/aromatic N) is 1. The van der Waals surface area contributed by atoms with Crippen molar-refractivity contribution in [2.45, 2.75) is 26.3 Å². The Hall–Kier alpha value is -0.830. The van der Waals surface area contributed by atoms with Gasteiger partial charge in [0.25, 0.3) is 0 Å². The Kier molecular flexibility index (Phi) is 1.66. The fourth-order valence-corrected chi connectivity index (χ4v) is 1.50. The summed E-state index contributed by atoms with van der Waals surface area (Å²) in [7, 11) is 0. The maximum Gasteiger partial charge on any atom is 0.140 e. The first kappa shape index (κ1) is 6.85. The first-order valence-corrected chi connectivity index (χ1v) is 4.09. The van der Waals surface area contributed by atoms with Crippen LogP contribution in [0, 0.1) is 0 Å². The summed E-state index contributed by atoms with van der Waals surface area (Å²) in [6.07, 6.45) is 2.03. The van der Waals surface area contributed by atoms with Crippen LogP contribution in [0.4, 0.5) is 0 Å². The fourth-order valence-electron chi connectivity index (χ4n) is 1.50. The number of aryl methyl sites for hydroxylation is 1. The molecule has 0 bridgehead atoms. The summed E-state index contributed by atoms with van der Waals surface area (Å²) in [5.41, 5.74) is 2.44. The van der Waals surface area contributed by atoms with Gasteiger partial charge in [-0.05, 0) is 13.0 Å². The van der Waals surface area contributed by atoms with E-state index in [1.807, 2.05) is 0 Å². The first-order valence-electron chi connectivity index (χ1n) is 4.09. The molecule has 0 amide bonds. The lowest BCUT2D eigenvalue weighted by Gasteiger charge is -2.10. The van der Waals surface area contributed by atoms with Crippen molar-refractivity contribution >= 4 is 0 Å². The summed E-state index contributed by atoms with van der Waals surface area (Å²) >= 11 is 0. The van der Waals surface area contributed by atoms with E-state index in [9.17, 15) is 0 Å². The van der Waals surface area contributed by atoms with Gasteiger partial charge in [0.05, 0.1) is 0 Å². The maximum atomic E-state index is 5.18. The molecule has 60 valence electrons. The number of hydrogen-bond acceptors (Lipinski definition) is 3. The maximum absolute atomic E-state index is 5.18. The number of fused-ring (bicyclic) bond motifs is 1. The van der Waals surface area contributed by atoms with Crippen molar-refractivity contribution < 1.29 is 4.52 Å². The van der Waals surface area contributed by atoms with Crippen LogP contribution in [-0.2, 0) is 19.4 Å². The highest BCUT2D eigenvalue weighted by Gasteiger charge is 2.16. The summed E-state index contributed by atoms with van der Waals surface area (Å²) in [6, 6.07) is 0. The lowest BCUT2D eigenvalue weighted by Crippen LogP contribution is -2.23. The quantitative estimate of drug-likeness (QED) is 0.649. The van der Waals surface area contributed by atoms with E-state index < -0.39 is 0 Å². The van der Waals surface area contributed by atoms with Crippen LogP contribution in [0.1, 0.15) is 23.9 Å². The Morgan fingerprint density at radius 3 is 3.36 bits per heavy atom. The van der Waals surface area contributed by atoms with Crippen molar-refractivity contribution in [3.05, 3.63) is 17.0 Å². The molecule has 0 aromatic carbocycles.